The van der Waals surface area contributed by atoms with E-state index in [1.807, 2.05) is 0 Å². The Balaban J connectivity index is 1.97. The van der Waals surface area contributed by atoms with Crippen molar-refractivity contribution in [3.63, 3.8) is 0 Å². The van der Waals surface area contributed by atoms with Crippen LogP contribution in [0.4, 0.5) is 0 Å². The Morgan fingerprint density at radius 1 is 1.06 bits per heavy atom. The van der Waals surface area contributed by atoms with Gasteiger partial charge in [-0.3, -0.25) is 0 Å². The molecule has 0 radical (unpaired) electrons. The number of hydrazine groups is 1. The normalized spacial score (nSPS) is 40.4. The van der Waals surface area contributed by atoms with Crippen LogP contribution in [0.3, 0.4) is 0 Å². The van der Waals surface area contributed by atoms with Gasteiger partial charge < -0.3 is 0 Å². The highest BCUT2D eigenvalue weighted by Gasteiger charge is 2.38. The zero-order chi connectivity index (χ0) is 12.3. The molecule has 0 aromatic heterocycles. The highest BCUT2D eigenvalue weighted by molar-refractivity contribution is 14.1. The molecular weight excluding hydrogens is 323 g/mol. The molecule has 3 heteroatoms. The molecule has 0 saturated heterocycles. The minimum Gasteiger partial charge on any atom is -0.245 e. The fourth-order valence-electron chi connectivity index (χ4n) is 3.97. The fraction of sp³-hybridized carbons (Fsp3) is 1.00. The van der Waals surface area contributed by atoms with Crippen molar-refractivity contribution in [3.05, 3.63) is 0 Å². The standard InChI is InChI=1S/C14H27IN2/c1-11-7-9-14(2,12-5-3-4-6-12)10-8-13(11)16-17-15/h11-13,16-17H,3-10H2,1-2H3. The van der Waals surface area contributed by atoms with Crippen molar-refractivity contribution in [3.8, 4) is 0 Å². The summed E-state index contributed by atoms with van der Waals surface area (Å²) < 4.78 is 3.11. The first-order valence-corrected chi connectivity index (χ1v) is 8.35. The molecule has 2 fully saturated rings. The number of halogens is 1. The van der Waals surface area contributed by atoms with E-state index >= 15 is 0 Å². The third-order valence-electron chi connectivity index (χ3n) is 5.46. The van der Waals surface area contributed by atoms with Crippen LogP contribution in [0.2, 0.25) is 0 Å². The van der Waals surface area contributed by atoms with Gasteiger partial charge in [0.25, 0.3) is 0 Å². The molecule has 0 heterocycles. The molecule has 2 aliphatic carbocycles. The zero-order valence-corrected chi connectivity index (χ0v) is 13.4. The Morgan fingerprint density at radius 3 is 2.35 bits per heavy atom. The van der Waals surface area contributed by atoms with Crippen LogP contribution in [0.5, 0.6) is 0 Å². The van der Waals surface area contributed by atoms with Crippen LogP contribution in [-0.4, -0.2) is 6.04 Å². The van der Waals surface area contributed by atoms with Crippen molar-refractivity contribution in [2.24, 2.45) is 17.3 Å². The smallest absolute Gasteiger partial charge is 0.0334 e. The first kappa shape index (κ1) is 14.1. The Kier molecular flexibility index (Phi) is 5.13. The monoisotopic (exact) mass is 350 g/mol. The van der Waals surface area contributed by atoms with Crippen molar-refractivity contribution < 1.29 is 0 Å². The first-order valence-electron chi connectivity index (χ1n) is 7.27. The molecule has 0 spiro atoms. The van der Waals surface area contributed by atoms with Crippen LogP contribution >= 0.6 is 22.9 Å². The second kappa shape index (κ2) is 6.20. The molecule has 0 aromatic rings. The summed E-state index contributed by atoms with van der Waals surface area (Å²) in [5, 5.41) is 0. The van der Waals surface area contributed by atoms with Gasteiger partial charge in [-0.1, -0.05) is 26.7 Å². The second-order valence-electron chi connectivity index (χ2n) is 6.54. The van der Waals surface area contributed by atoms with E-state index in [4.69, 9.17) is 0 Å². The van der Waals surface area contributed by atoms with E-state index in [0.717, 1.165) is 11.8 Å². The minimum absolute atomic E-state index is 0.631. The lowest BCUT2D eigenvalue weighted by Gasteiger charge is -2.35. The summed E-state index contributed by atoms with van der Waals surface area (Å²) in [6.45, 7) is 4.97. The molecule has 0 bridgehead atoms. The Labute approximate surface area is 120 Å². The summed E-state index contributed by atoms with van der Waals surface area (Å²) in [5.41, 5.74) is 4.07. The third kappa shape index (κ3) is 3.35. The lowest BCUT2D eigenvalue weighted by Crippen LogP contribution is -2.39. The number of hydrogen-bond donors (Lipinski definition) is 2. The Morgan fingerprint density at radius 2 is 1.71 bits per heavy atom. The SMILES string of the molecule is CC1CCC(C)(C2CCCC2)CCC1NNI. The van der Waals surface area contributed by atoms with Gasteiger partial charge >= 0.3 is 0 Å². The highest BCUT2D eigenvalue weighted by atomic mass is 127. The molecule has 17 heavy (non-hydrogen) atoms. The summed E-state index contributed by atoms with van der Waals surface area (Å²) in [5.74, 6) is 1.82. The quantitative estimate of drug-likeness (QED) is 0.345. The van der Waals surface area contributed by atoms with E-state index in [0.29, 0.717) is 11.5 Å². The molecule has 0 aliphatic heterocycles. The second-order valence-corrected chi connectivity index (χ2v) is 7.07. The topological polar surface area (TPSA) is 24.1 Å². The van der Waals surface area contributed by atoms with Crippen molar-refractivity contribution in [2.75, 3.05) is 0 Å². The number of rotatable bonds is 3. The molecule has 2 saturated carbocycles. The third-order valence-corrected chi connectivity index (χ3v) is 5.78. The Bertz CT molecular complexity index is 240. The van der Waals surface area contributed by atoms with Crippen LogP contribution in [0.15, 0.2) is 0 Å². The van der Waals surface area contributed by atoms with E-state index in [9.17, 15) is 0 Å². The van der Waals surface area contributed by atoms with E-state index in [-0.39, 0.29) is 0 Å². The summed E-state index contributed by atoms with van der Waals surface area (Å²) in [6.07, 6.45) is 11.5. The van der Waals surface area contributed by atoms with Crippen molar-refractivity contribution in [1.29, 1.82) is 0 Å². The van der Waals surface area contributed by atoms with E-state index < -0.39 is 0 Å². The molecule has 3 unspecified atom stereocenters. The largest absolute Gasteiger partial charge is 0.245 e. The zero-order valence-electron chi connectivity index (χ0n) is 11.3. The van der Waals surface area contributed by atoms with Crippen molar-refractivity contribution in [2.45, 2.75) is 71.3 Å². The number of hydrogen-bond acceptors (Lipinski definition) is 2. The van der Waals surface area contributed by atoms with Gasteiger partial charge in [-0.25, -0.2) is 5.43 Å². The van der Waals surface area contributed by atoms with Gasteiger partial charge in [-0.15, -0.1) is 0 Å². The molecule has 2 N–H and O–H groups in total. The molecular formula is C14H27IN2. The van der Waals surface area contributed by atoms with E-state index in [1.165, 1.54) is 51.4 Å². The van der Waals surface area contributed by atoms with Gasteiger partial charge in [0.15, 0.2) is 0 Å². The summed E-state index contributed by atoms with van der Waals surface area (Å²) >= 11 is 2.20. The van der Waals surface area contributed by atoms with Crippen LogP contribution in [-0.2, 0) is 0 Å². The maximum absolute atomic E-state index is 3.44. The summed E-state index contributed by atoms with van der Waals surface area (Å²) in [6, 6.07) is 0.662. The van der Waals surface area contributed by atoms with Crippen LogP contribution in [0, 0.1) is 17.3 Å². The summed E-state index contributed by atoms with van der Waals surface area (Å²) in [4.78, 5) is 0. The molecule has 0 aromatic carbocycles. The molecule has 100 valence electrons. The molecule has 2 nitrogen and oxygen atoms in total. The van der Waals surface area contributed by atoms with Gasteiger partial charge in [0.05, 0.1) is 0 Å². The maximum Gasteiger partial charge on any atom is 0.0334 e. The predicted octanol–water partition coefficient (Wildman–Crippen LogP) is 4.21. The average molecular weight is 350 g/mol. The summed E-state index contributed by atoms with van der Waals surface area (Å²) in [7, 11) is 0. The van der Waals surface area contributed by atoms with Gasteiger partial charge in [0, 0.05) is 28.9 Å². The Hall–Kier alpha value is 0.650. The lowest BCUT2D eigenvalue weighted by atomic mass is 9.70. The van der Waals surface area contributed by atoms with Crippen LogP contribution in [0.1, 0.15) is 65.2 Å². The van der Waals surface area contributed by atoms with Crippen LogP contribution in [0.25, 0.3) is 0 Å². The van der Waals surface area contributed by atoms with E-state index in [2.05, 4.69) is 45.8 Å². The van der Waals surface area contributed by atoms with Crippen LogP contribution < -0.4 is 9.06 Å². The lowest BCUT2D eigenvalue weighted by molar-refractivity contribution is 0.157. The highest BCUT2D eigenvalue weighted by Crippen LogP contribution is 2.48. The average Bonchev–Trinajstić information content (AvgIpc) is 2.81. The van der Waals surface area contributed by atoms with Crippen molar-refractivity contribution >= 4 is 22.9 Å². The van der Waals surface area contributed by atoms with E-state index in [1.54, 1.807) is 0 Å². The minimum atomic E-state index is 0.631. The van der Waals surface area contributed by atoms with Crippen molar-refractivity contribution in [1.82, 2.24) is 9.06 Å². The fourth-order valence-corrected chi connectivity index (χ4v) is 4.37. The van der Waals surface area contributed by atoms with Gasteiger partial charge in [-0.05, 0) is 55.8 Å². The first-order chi connectivity index (χ1) is 8.15. The van der Waals surface area contributed by atoms with Gasteiger partial charge in [0.1, 0.15) is 0 Å². The van der Waals surface area contributed by atoms with Gasteiger partial charge in [0.2, 0.25) is 0 Å². The molecule has 0 amide bonds. The molecule has 2 rings (SSSR count). The molecule has 2 aliphatic rings. The van der Waals surface area contributed by atoms with Gasteiger partial charge in [-0.2, -0.15) is 3.64 Å². The number of nitrogens with one attached hydrogen (secondary N) is 2. The molecule has 3 atom stereocenters. The maximum atomic E-state index is 3.44. The predicted molar refractivity (Wildman–Crippen MR) is 81.8 cm³/mol.